The van der Waals surface area contributed by atoms with Crippen molar-refractivity contribution < 1.29 is 5.11 Å². The zero-order chi connectivity index (χ0) is 14.7. The lowest BCUT2D eigenvalue weighted by atomic mass is 9.76. The van der Waals surface area contributed by atoms with E-state index in [4.69, 9.17) is 0 Å². The highest BCUT2D eigenvalue weighted by Gasteiger charge is 2.25. The van der Waals surface area contributed by atoms with Crippen molar-refractivity contribution in [1.29, 1.82) is 0 Å². The van der Waals surface area contributed by atoms with E-state index in [0.29, 0.717) is 11.8 Å². The van der Waals surface area contributed by atoms with E-state index in [-0.39, 0.29) is 6.10 Å². The van der Waals surface area contributed by atoms with Crippen LogP contribution < -0.4 is 0 Å². The molecule has 0 aliphatic heterocycles. The lowest BCUT2D eigenvalue weighted by molar-refractivity contribution is 0.157. The van der Waals surface area contributed by atoms with Crippen LogP contribution in [0.4, 0.5) is 0 Å². The maximum absolute atomic E-state index is 10.7. The molecule has 2 aromatic rings. The zero-order valence-corrected chi connectivity index (χ0v) is 12.7. The Bertz CT molecular complexity index is 571. The molecule has 21 heavy (non-hydrogen) atoms. The van der Waals surface area contributed by atoms with Crippen LogP contribution in [-0.4, -0.2) is 5.11 Å². The van der Waals surface area contributed by atoms with Gasteiger partial charge in [0.1, 0.15) is 0 Å². The smallest absolute Gasteiger partial charge is 0.0798 e. The van der Waals surface area contributed by atoms with Crippen LogP contribution in [0.2, 0.25) is 0 Å². The van der Waals surface area contributed by atoms with Gasteiger partial charge >= 0.3 is 0 Å². The molecule has 1 saturated carbocycles. The molecule has 1 nitrogen and oxygen atoms in total. The summed E-state index contributed by atoms with van der Waals surface area (Å²) in [6, 6.07) is 18.9. The molecule has 0 radical (unpaired) electrons. The minimum absolute atomic E-state index is 0.364. The van der Waals surface area contributed by atoms with Gasteiger partial charge in [0.2, 0.25) is 0 Å². The van der Waals surface area contributed by atoms with Gasteiger partial charge < -0.3 is 5.11 Å². The Morgan fingerprint density at radius 2 is 1.67 bits per heavy atom. The van der Waals surface area contributed by atoms with Crippen LogP contribution in [-0.2, 0) is 0 Å². The highest BCUT2D eigenvalue weighted by atomic mass is 16.3. The van der Waals surface area contributed by atoms with Crippen molar-refractivity contribution in [1.82, 2.24) is 0 Å². The van der Waals surface area contributed by atoms with Crippen LogP contribution >= 0.6 is 0 Å². The van der Waals surface area contributed by atoms with E-state index >= 15 is 0 Å². The predicted octanol–water partition coefficient (Wildman–Crippen LogP) is 5.18. The summed E-state index contributed by atoms with van der Waals surface area (Å²) in [6.07, 6.45) is 4.30. The Kier molecular flexibility index (Phi) is 4.40. The normalized spacial score (nSPS) is 18.0. The van der Waals surface area contributed by atoms with Gasteiger partial charge in [-0.05, 0) is 47.8 Å². The third-order valence-corrected chi connectivity index (χ3v) is 4.85. The van der Waals surface area contributed by atoms with Gasteiger partial charge in [0.15, 0.2) is 0 Å². The number of hydrogen-bond donors (Lipinski definition) is 1. The maximum atomic E-state index is 10.7. The molecule has 110 valence electrons. The summed E-state index contributed by atoms with van der Waals surface area (Å²) in [5.74, 6) is 1.04. The van der Waals surface area contributed by atoms with Gasteiger partial charge in [0, 0.05) is 0 Å². The Hall–Kier alpha value is -1.60. The minimum atomic E-state index is -0.364. The second-order valence-corrected chi connectivity index (χ2v) is 6.32. The fourth-order valence-electron chi connectivity index (χ4n) is 3.28. The molecule has 3 rings (SSSR count). The lowest BCUT2D eigenvalue weighted by Gasteiger charge is -2.29. The van der Waals surface area contributed by atoms with Crippen molar-refractivity contribution in [2.45, 2.75) is 50.5 Å². The van der Waals surface area contributed by atoms with Gasteiger partial charge in [-0.15, -0.1) is 0 Å². The molecule has 1 N–H and O–H groups in total. The third kappa shape index (κ3) is 3.19. The van der Waals surface area contributed by atoms with E-state index in [1.165, 1.54) is 30.4 Å². The van der Waals surface area contributed by atoms with E-state index in [2.05, 4.69) is 49.4 Å². The first-order valence-electron chi connectivity index (χ1n) is 8.07. The van der Waals surface area contributed by atoms with Crippen molar-refractivity contribution in [2.75, 3.05) is 0 Å². The van der Waals surface area contributed by atoms with Gasteiger partial charge in [-0.25, -0.2) is 0 Å². The average molecular weight is 280 g/mol. The second kappa shape index (κ2) is 6.44. The summed E-state index contributed by atoms with van der Waals surface area (Å²) in [6.45, 7) is 2.20. The van der Waals surface area contributed by atoms with Crippen LogP contribution in [0.15, 0.2) is 54.6 Å². The highest BCUT2D eigenvalue weighted by Crippen LogP contribution is 2.40. The molecular formula is C20H24O. The lowest BCUT2D eigenvalue weighted by Crippen LogP contribution is -2.14. The molecule has 2 unspecified atom stereocenters. The Balaban J connectivity index is 1.75. The summed E-state index contributed by atoms with van der Waals surface area (Å²) >= 11 is 0. The van der Waals surface area contributed by atoms with Crippen molar-refractivity contribution in [3.8, 4) is 0 Å². The van der Waals surface area contributed by atoms with Gasteiger partial charge in [0.25, 0.3) is 0 Å². The minimum Gasteiger partial charge on any atom is -0.388 e. The Morgan fingerprint density at radius 1 is 1.00 bits per heavy atom. The first-order chi connectivity index (χ1) is 10.3. The molecule has 0 amide bonds. The first kappa shape index (κ1) is 14.3. The number of aliphatic hydroxyl groups is 1. The summed E-state index contributed by atoms with van der Waals surface area (Å²) in [5.41, 5.74) is 3.82. The molecule has 1 aliphatic rings. The molecule has 0 bridgehead atoms. The SMILES string of the molecule is CC(CC(O)c1ccccc1C1CCC1)c1ccccc1. The summed E-state index contributed by atoms with van der Waals surface area (Å²) < 4.78 is 0. The fraction of sp³-hybridized carbons (Fsp3) is 0.400. The molecule has 2 atom stereocenters. The highest BCUT2D eigenvalue weighted by molar-refractivity contribution is 5.34. The van der Waals surface area contributed by atoms with Crippen LogP contribution in [0.25, 0.3) is 0 Å². The van der Waals surface area contributed by atoms with Crippen LogP contribution in [0.5, 0.6) is 0 Å². The van der Waals surface area contributed by atoms with Crippen LogP contribution in [0.1, 0.15) is 67.2 Å². The van der Waals surface area contributed by atoms with Gasteiger partial charge in [-0.2, -0.15) is 0 Å². The van der Waals surface area contributed by atoms with E-state index in [9.17, 15) is 5.11 Å². The predicted molar refractivity (Wildman–Crippen MR) is 87.5 cm³/mol. The van der Waals surface area contributed by atoms with E-state index < -0.39 is 0 Å². The Labute approximate surface area is 127 Å². The topological polar surface area (TPSA) is 20.2 Å². The van der Waals surface area contributed by atoms with Crippen molar-refractivity contribution in [3.63, 3.8) is 0 Å². The molecule has 0 saturated heterocycles. The molecule has 2 aromatic carbocycles. The number of aliphatic hydroxyl groups excluding tert-OH is 1. The third-order valence-electron chi connectivity index (χ3n) is 4.85. The number of benzene rings is 2. The standard InChI is InChI=1S/C20H24O/c1-15(16-8-3-2-4-9-16)14-20(21)19-13-6-5-12-18(19)17-10-7-11-17/h2-6,8-9,12-13,15,17,20-21H,7,10-11,14H2,1H3. The Morgan fingerprint density at radius 3 is 2.33 bits per heavy atom. The number of hydrogen-bond acceptors (Lipinski definition) is 1. The van der Waals surface area contributed by atoms with Gasteiger partial charge in [-0.3, -0.25) is 0 Å². The van der Waals surface area contributed by atoms with E-state index in [1.807, 2.05) is 12.1 Å². The summed E-state index contributed by atoms with van der Waals surface area (Å²) in [4.78, 5) is 0. The molecule has 1 fully saturated rings. The molecule has 1 heteroatoms. The number of rotatable bonds is 5. The fourth-order valence-corrected chi connectivity index (χ4v) is 3.28. The summed E-state index contributed by atoms with van der Waals surface area (Å²) in [7, 11) is 0. The quantitative estimate of drug-likeness (QED) is 0.800. The van der Waals surface area contributed by atoms with E-state index in [1.54, 1.807) is 0 Å². The molecule has 0 heterocycles. The zero-order valence-electron chi connectivity index (χ0n) is 12.7. The average Bonchev–Trinajstić information content (AvgIpc) is 2.47. The van der Waals surface area contributed by atoms with E-state index in [0.717, 1.165) is 12.0 Å². The summed E-state index contributed by atoms with van der Waals surface area (Å²) in [5, 5.41) is 10.7. The largest absolute Gasteiger partial charge is 0.388 e. The van der Waals surface area contributed by atoms with Crippen molar-refractivity contribution in [3.05, 3.63) is 71.3 Å². The van der Waals surface area contributed by atoms with Crippen molar-refractivity contribution in [2.24, 2.45) is 0 Å². The first-order valence-corrected chi connectivity index (χ1v) is 8.07. The van der Waals surface area contributed by atoms with Gasteiger partial charge in [0.05, 0.1) is 6.10 Å². The van der Waals surface area contributed by atoms with Crippen molar-refractivity contribution >= 4 is 0 Å². The van der Waals surface area contributed by atoms with Crippen LogP contribution in [0.3, 0.4) is 0 Å². The maximum Gasteiger partial charge on any atom is 0.0798 e. The van der Waals surface area contributed by atoms with Crippen LogP contribution in [0, 0.1) is 0 Å². The molecule has 0 spiro atoms. The second-order valence-electron chi connectivity index (χ2n) is 6.32. The molecule has 0 aromatic heterocycles. The monoisotopic (exact) mass is 280 g/mol. The molecular weight excluding hydrogens is 256 g/mol. The molecule has 1 aliphatic carbocycles. The van der Waals surface area contributed by atoms with Gasteiger partial charge in [-0.1, -0.05) is 67.9 Å².